The van der Waals surface area contributed by atoms with E-state index in [1.165, 1.54) is 25.7 Å². The highest BCUT2D eigenvalue weighted by molar-refractivity contribution is 6.31. The van der Waals surface area contributed by atoms with E-state index in [1.54, 1.807) is 11.1 Å². The summed E-state index contributed by atoms with van der Waals surface area (Å²) in [4.78, 5) is 0. The van der Waals surface area contributed by atoms with Crippen molar-refractivity contribution < 1.29 is 0 Å². The molecule has 4 aliphatic carbocycles. The average molecular weight is 229 g/mol. The molecular weight excluding hydrogens is 215 g/mol. The van der Waals surface area contributed by atoms with Crippen LogP contribution < -0.4 is 0 Å². The summed E-state index contributed by atoms with van der Waals surface area (Å²) >= 11 is 12.8. The van der Waals surface area contributed by atoms with Crippen molar-refractivity contribution in [3.05, 3.63) is 11.1 Å². The second-order valence-electron chi connectivity index (χ2n) is 5.48. The fourth-order valence-electron chi connectivity index (χ4n) is 4.68. The van der Waals surface area contributed by atoms with E-state index in [1.807, 2.05) is 0 Å². The topological polar surface area (TPSA) is 0 Å². The van der Waals surface area contributed by atoms with Gasteiger partial charge in [0.2, 0.25) is 0 Å². The number of allylic oxidation sites excluding steroid dienone is 2. The fraction of sp³-hybridized carbons (Fsp3) is 0.833. The quantitative estimate of drug-likeness (QED) is 0.440. The Morgan fingerprint density at radius 3 is 2.86 bits per heavy atom. The van der Waals surface area contributed by atoms with Gasteiger partial charge in [-0.3, -0.25) is 0 Å². The summed E-state index contributed by atoms with van der Waals surface area (Å²) < 4.78 is 0. The molecule has 0 saturated heterocycles. The Morgan fingerprint density at radius 2 is 2.00 bits per heavy atom. The Balaban J connectivity index is 1.85. The van der Waals surface area contributed by atoms with Crippen LogP contribution >= 0.6 is 23.2 Å². The van der Waals surface area contributed by atoms with Crippen LogP contribution in [-0.4, -0.2) is 10.8 Å². The molecule has 3 fully saturated rings. The molecule has 6 atom stereocenters. The number of hydrogen-bond donors (Lipinski definition) is 0. The van der Waals surface area contributed by atoms with Gasteiger partial charge in [0.15, 0.2) is 0 Å². The third-order valence-corrected chi connectivity index (χ3v) is 6.38. The molecule has 0 spiro atoms. The summed E-state index contributed by atoms with van der Waals surface area (Å²) in [6, 6.07) is 0. The molecule has 76 valence electrons. The van der Waals surface area contributed by atoms with Crippen LogP contribution in [0.15, 0.2) is 11.1 Å². The first kappa shape index (κ1) is 8.47. The van der Waals surface area contributed by atoms with Gasteiger partial charge in [0.05, 0.1) is 10.8 Å². The Labute approximate surface area is 94.6 Å². The molecule has 0 heterocycles. The number of fused-ring (bicyclic) bond motifs is 8. The van der Waals surface area contributed by atoms with Crippen LogP contribution in [0, 0.1) is 23.7 Å². The molecule has 0 radical (unpaired) electrons. The second-order valence-corrected chi connectivity index (χ2v) is 6.49. The normalized spacial score (nSPS) is 58.7. The van der Waals surface area contributed by atoms with Gasteiger partial charge < -0.3 is 0 Å². The van der Waals surface area contributed by atoms with Gasteiger partial charge in [-0.25, -0.2) is 0 Å². The summed E-state index contributed by atoms with van der Waals surface area (Å²) in [5.41, 5.74) is 3.56. The standard InChI is InChI=1S/C12H14Cl2/c13-11-7-4-8(12(11)14)10-6-2-1-5(3-6)9(7)10/h5,7-9,11-12H,1-4H2. The van der Waals surface area contributed by atoms with E-state index in [0.717, 1.165) is 17.8 Å². The highest BCUT2D eigenvalue weighted by Crippen LogP contribution is 2.66. The van der Waals surface area contributed by atoms with Crippen LogP contribution in [0.5, 0.6) is 0 Å². The third kappa shape index (κ3) is 0.769. The summed E-state index contributed by atoms with van der Waals surface area (Å²) in [6.45, 7) is 0. The van der Waals surface area contributed by atoms with Crippen LogP contribution in [0.3, 0.4) is 0 Å². The van der Waals surface area contributed by atoms with E-state index >= 15 is 0 Å². The zero-order valence-corrected chi connectivity index (χ0v) is 9.56. The summed E-state index contributed by atoms with van der Waals surface area (Å²) in [7, 11) is 0. The zero-order valence-electron chi connectivity index (χ0n) is 8.05. The van der Waals surface area contributed by atoms with Crippen molar-refractivity contribution in [3.63, 3.8) is 0 Å². The van der Waals surface area contributed by atoms with Crippen molar-refractivity contribution in [1.29, 1.82) is 0 Å². The van der Waals surface area contributed by atoms with Gasteiger partial charge in [-0.1, -0.05) is 11.1 Å². The molecule has 0 N–H and O–H groups in total. The van der Waals surface area contributed by atoms with Crippen molar-refractivity contribution in [2.45, 2.75) is 36.4 Å². The molecule has 4 aliphatic rings. The van der Waals surface area contributed by atoms with Crippen molar-refractivity contribution in [1.82, 2.24) is 0 Å². The average Bonchev–Trinajstić information content (AvgIpc) is 2.87. The minimum absolute atomic E-state index is 0.236. The Bertz CT molecular complexity index is 333. The highest BCUT2D eigenvalue weighted by Gasteiger charge is 2.60. The molecule has 6 unspecified atom stereocenters. The minimum atomic E-state index is 0.236. The first-order valence-corrected chi connectivity index (χ1v) is 6.64. The molecule has 14 heavy (non-hydrogen) atoms. The van der Waals surface area contributed by atoms with E-state index in [-0.39, 0.29) is 10.8 Å². The first-order valence-electron chi connectivity index (χ1n) is 5.77. The van der Waals surface area contributed by atoms with Gasteiger partial charge in [0.25, 0.3) is 0 Å². The van der Waals surface area contributed by atoms with Crippen LogP contribution in [0.4, 0.5) is 0 Å². The van der Waals surface area contributed by atoms with E-state index in [4.69, 9.17) is 23.2 Å². The molecule has 0 aliphatic heterocycles. The van der Waals surface area contributed by atoms with Crippen molar-refractivity contribution >= 4 is 23.2 Å². The Morgan fingerprint density at radius 1 is 1.14 bits per heavy atom. The number of alkyl halides is 2. The molecule has 0 amide bonds. The first-order chi connectivity index (χ1) is 6.77. The highest BCUT2D eigenvalue weighted by atomic mass is 35.5. The van der Waals surface area contributed by atoms with E-state index in [0.29, 0.717) is 5.92 Å². The summed E-state index contributed by atoms with van der Waals surface area (Å²) in [6.07, 6.45) is 5.49. The minimum Gasteiger partial charge on any atom is -0.121 e. The predicted octanol–water partition coefficient (Wildman–Crippen LogP) is 3.58. The maximum Gasteiger partial charge on any atom is 0.0568 e. The Kier molecular flexibility index (Phi) is 1.52. The van der Waals surface area contributed by atoms with Gasteiger partial charge in [0, 0.05) is 0 Å². The lowest BCUT2D eigenvalue weighted by molar-refractivity contribution is 0.303. The second kappa shape index (κ2) is 2.52. The monoisotopic (exact) mass is 228 g/mol. The fourth-order valence-corrected chi connectivity index (χ4v) is 5.54. The SMILES string of the molecule is ClC1C2CC(C1Cl)C1C2=C2CCC1C2. The van der Waals surface area contributed by atoms with Crippen molar-refractivity contribution in [2.24, 2.45) is 23.7 Å². The van der Waals surface area contributed by atoms with Gasteiger partial charge in [0.1, 0.15) is 0 Å². The number of halogens is 2. The van der Waals surface area contributed by atoms with Crippen molar-refractivity contribution in [3.8, 4) is 0 Å². The molecule has 0 aromatic rings. The van der Waals surface area contributed by atoms with Gasteiger partial charge >= 0.3 is 0 Å². The van der Waals surface area contributed by atoms with Crippen molar-refractivity contribution in [2.75, 3.05) is 0 Å². The van der Waals surface area contributed by atoms with E-state index < -0.39 is 0 Å². The summed E-state index contributed by atoms with van der Waals surface area (Å²) in [5.74, 6) is 3.21. The lowest BCUT2D eigenvalue weighted by Gasteiger charge is -2.34. The van der Waals surface area contributed by atoms with Crippen LogP contribution in [0.25, 0.3) is 0 Å². The number of rotatable bonds is 0. The third-order valence-electron chi connectivity index (χ3n) is 5.09. The molecule has 0 aromatic carbocycles. The smallest absolute Gasteiger partial charge is 0.0568 e. The van der Waals surface area contributed by atoms with E-state index in [2.05, 4.69) is 0 Å². The lowest BCUT2D eigenvalue weighted by atomic mass is 9.76. The van der Waals surface area contributed by atoms with Crippen LogP contribution in [0.2, 0.25) is 0 Å². The molecular formula is C12H14Cl2. The molecule has 4 rings (SSSR count). The van der Waals surface area contributed by atoms with Gasteiger partial charge in [-0.15, -0.1) is 23.2 Å². The summed E-state index contributed by atoms with van der Waals surface area (Å²) in [5, 5.41) is 0.495. The zero-order chi connectivity index (χ0) is 9.45. The van der Waals surface area contributed by atoms with Gasteiger partial charge in [-0.05, 0) is 49.4 Å². The predicted molar refractivity (Wildman–Crippen MR) is 58.7 cm³/mol. The van der Waals surface area contributed by atoms with Crippen LogP contribution in [-0.2, 0) is 0 Å². The Hall–Kier alpha value is 0.320. The molecule has 3 saturated carbocycles. The number of hydrogen-bond acceptors (Lipinski definition) is 0. The molecule has 4 bridgehead atoms. The maximum atomic E-state index is 6.41. The molecule has 0 nitrogen and oxygen atoms in total. The van der Waals surface area contributed by atoms with Gasteiger partial charge in [-0.2, -0.15) is 0 Å². The largest absolute Gasteiger partial charge is 0.121 e. The molecule has 0 aromatic heterocycles. The molecule has 2 heteroatoms. The lowest BCUT2D eigenvalue weighted by Crippen LogP contribution is -2.33. The van der Waals surface area contributed by atoms with Crippen LogP contribution in [0.1, 0.15) is 25.7 Å². The maximum absolute atomic E-state index is 6.41. The van der Waals surface area contributed by atoms with E-state index in [9.17, 15) is 0 Å².